The van der Waals surface area contributed by atoms with E-state index in [4.69, 9.17) is 23.2 Å². The minimum atomic E-state index is -4.21. The Bertz CT molecular complexity index is 1750. The first-order chi connectivity index (χ1) is 22.6. The summed E-state index contributed by atoms with van der Waals surface area (Å²) in [6.45, 7) is 5.61. The second-order valence-corrected chi connectivity index (χ2v) is 14.1. The minimum absolute atomic E-state index is 0.0562. The summed E-state index contributed by atoms with van der Waals surface area (Å²) in [6.07, 6.45) is 2.39. The highest BCUT2D eigenvalue weighted by Crippen LogP contribution is 2.30. The quantitative estimate of drug-likeness (QED) is 0.130. The SMILES string of the molecule is CCCCNC(=O)C(Cc1ccccc1)N(Cc1c(Cl)cccc1Cl)C(=O)CN(c1ccccc1CC)S(=O)(=O)c1ccc(C)cc1. The van der Waals surface area contributed by atoms with Crippen molar-refractivity contribution in [1.29, 1.82) is 0 Å². The number of halogens is 2. The van der Waals surface area contributed by atoms with E-state index in [9.17, 15) is 18.0 Å². The zero-order valence-corrected chi connectivity index (χ0v) is 29.3. The lowest BCUT2D eigenvalue weighted by Gasteiger charge is -2.34. The molecule has 1 unspecified atom stereocenters. The van der Waals surface area contributed by atoms with Crippen LogP contribution in [0.1, 0.15) is 48.9 Å². The lowest BCUT2D eigenvalue weighted by molar-refractivity contribution is -0.140. The topological polar surface area (TPSA) is 86.8 Å². The lowest BCUT2D eigenvalue weighted by atomic mass is 10.0. The van der Waals surface area contributed by atoms with Gasteiger partial charge in [0, 0.05) is 35.1 Å². The van der Waals surface area contributed by atoms with Crippen molar-refractivity contribution in [2.45, 2.75) is 63.9 Å². The molecule has 0 saturated heterocycles. The maximum absolute atomic E-state index is 14.7. The molecule has 0 aromatic heterocycles. The average Bonchev–Trinajstić information content (AvgIpc) is 3.07. The van der Waals surface area contributed by atoms with Crippen LogP contribution in [0, 0.1) is 6.92 Å². The van der Waals surface area contributed by atoms with E-state index in [-0.39, 0.29) is 23.8 Å². The number of unbranched alkanes of at least 4 members (excludes halogenated alkanes) is 1. The Morgan fingerprint density at radius 1 is 0.830 bits per heavy atom. The van der Waals surface area contributed by atoms with E-state index in [1.807, 2.05) is 63.2 Å². The molecule has 7 nitrogen and oxygen atoms in total. The van der Waals surface area contributed by atoms with Gasteiger partial charge in [0.1, 0.15) is 12.6 Å². The second kappa shape index (κ2) is 16.8. The summed E-state index contributed by atoms with van der Waals surface area (Å²) < 4.78 is 29.8. The van der Waals surface area contributed by atoms with Crippen molar-refractivity contribution in [3.63, 3.8) is 0 Å². The molecule has 2 amide bonds. The highest BCUT2D eigenvalue weighted by molar-refractivity contribution is 7.92. The van der Waals surface area contributed by atoms with Crippen molar-refractivity contribution in [1.82, 2.24) is 10.2 Å². The fraction of sp³-hybridized carbons (Fsp3) is 0.297. The molecular weight excluding hydrogens is 653 g/mol. The van der Waals surface area contributed by atoms with Crippen LogP contribution in [-0.2, 0) is 39.0 Å². The Labute approximate surface area is 288 Å². The summed E-state index contributed by atoms with van der Waals surface area (Å²) in [6, 6.07) is 27.1. The molecule has 4 rings (SSSR count). The third-order valence-electron chi connectivity index (χ3n) is 8.02. The molecule has 0 saturated carbocycles. The van der Waals surface area contributed by atoms with Gasteiger partial charge in [-0.1, -0.05) is 116 Å². The number of aryl methyl sites for hydroxylation is 2. The van der Waals surface area contributed by atoms with Gasteiger partial charge < -0.3 is 10.2 Å². The number of carbonyl (C=O) groups is 2. The van der Waals surface area contributed by atoms with E-state index in [2.05, 4.69) is 5.32 Å². The number of hydrogen-bond donors (Lipinski definition) is 1. The van der Waals surface area contributed by atoms with Crippen molar-refractivity contribution in [3.8, 4) is 0 Å². The molecule has 0 heterocycles. The van der Waals surface area contributed by atoms with Gasteiger partial charge in [-0.3, -0.25) is 13.9 Å². The van der Waals surface area contributed by atoms with Gasteiger partial charge >= 0.3 is 0 Å². The molecule has 0 spiro atoms. The largest absolute Gasteiger partial charge is 0.354 e. The fourth-order valence-electron chi connectivity index (χ4n) is 5.32. The Hall–Kier alpha value is -3.85. The van der Waals surface area contributed by atoms with Crippen molar-refractivity contribution in [2.75, 3.05) is 17.4 Å². The Morgan fingerprint density at radius 3 is 2.11 bits per heavy atom. The van der Waals surface area contributed by atoms with E-state index >= 15 is 0 Å². The van der Waals surface area contributed by atoms with Crippen LogP contribution >= 0.6 is 23.2 Å². The predicted molar refractivity (Wildman–Crippen MR) is 190 cm³/mol. The highest BCUT2D eigenvalue weighted by Gasteiger charge is 2.35. The van der Waals surface area contributed by atoms with Gasteiger partial charge in [-0.25, -0.2) is 8.42 Å². The summed E-state index contributed by atoms with van der Waals surface area (Å²) >= 11 is 13.2. The second-order valence-electron chi connectivity index (χ2n) is 11.4. The molecule has 1 atom stereocenters. The molecule has 248 valence electrons. The zero-order valence-electron chi connectivity index (χ0n) is 27.0. The predicted octanol–water partition coefficient (Wildman–Crippen LogP) is 7.62. The molecule has 47 heavy (non-hydrogen) atoms. The third kappa shape index (κ3) is 9.15. The van der Waals surface area contributed by atoms with E-state index < -0.39 is 28.5 Å². The number of hydrogen-bond acceptors (Lipinski definition) is 4. The van der Waals surface area contributed by atoms with Crippen LogP contribution in [0.5, 0.6) is 0 Å². The summed E-state index contributed by atoms with van der Waals surface area (Å²) in [5.74, 6) is -0.921. The van der Waals surface area contributed by atoms with Gasteiger partial charge in [-0.15, -0.1) is 0 Å². The van der Waals surface area contributed by atoms with Crippen LogP contribution in [-0.4, -0.2) is 44.3 Å². The Morgan fingerprint density at radius 2 is 1.47 bits per heavy atom. The van der Waals surface area contributed by atoms with E-state index in [1.165, 1.54) is 17.0 Å². The molecule has 0 radical (unpaired) electrons. The maximum atomic E-state index is 14.7. The zero-order chi connectivity index (χ0) is 34.0. The number of nitrogens with one attached hydrogen (secondary N) is 1. The number of amides is 2. The van der Waals surface area contributed by atoms with E-state index in [1.54, 1.807) is 42.5 Å². The van der Waals surface area contributed by atoms with Crippen molar-refractivity contribution >= 4 is 50.7 Å². The Kier molecular flexibility index (Phi) is 12.9. The Balaban J connectivity index is 1.85. The summed E-state index contributed by atoms with van der Waals surface area (Å²) in [4.78, 5) is 30.1. The van der Waals surface area contributed by atoms with Crippen LogP contribution in [0.2, 0.25) is 10.0 Å². The van der Waals surface area contributed by atoms with E-state index in [0.29, 0.717) is 34.3 Å². The molecular formula is C37H41Cl2N3O4S. The van der Waals surface area contributed by atoms with Gasteiger partial charge in [-0.05, 0) is 61.2 Å². The summed E-state index contributed by atoms with van der Waals surface area (Å²) in [5.41, 5.74) is 3.36. The summed E-state index contributed by atoms with van der Waals surface area (Å²) in [7, 11) is -4.21. The van der Waals surface area contributed by atoms with Crippen molar-refractivity contribution < 1.29 is 18.0 Å². The summed E-state index contributed by atoms with van der Waals surface area (Å²) in [5, 5.41) is 3.66. The number of sulfonamides is 1. The average molecular weight is 695 g/mol. The molecule has 4 aromatic rings. The molecule has 10 heteroatoms. The van der Waals surface area contributed by atoms with Crippen molar-refractivity contribution in [3.05, 3.63) is 129 Å². The molecule has 1 N–H and O–H groups in total. The van der Waals surface area contributed by atoms with Gasteiger partial charge in [0.25, 0.3) is 10.0 Å². The van der Waals surface area contributed by atoms with Gasteiger partial charge in [0.2, 0.25) is 11.8 Å². The monoisotopic (exact) mass is 693 g/mol. The first-order valence-electron chi connectivity index (χ1n) is 15.8. The third-order valence-corrected chi connectivity index (χ3v) is 10.5. The number of carbonyl (C=O) groups excluding carboxylic acids is 2. The first-order valence-corrected chi connectivity index (χ1v) is 18.0. The number of anilines is 1. The molecule has 0 aliphatic rings. The van der Waals surface area contributed by atoms with E-state index in [0.717, 1.165) is 33.8 Å². The molecule has 0 aliphatic heterocycles. The fourth-order valence-corrected chi connectivity index (χ4v) is 7.29. The van der Waals surface area contributed by atoms with Gasteiger partial charge in [-0.2, -0.15) is 0 Å². The number of benzene rings is 4. The standard InChI is InChI=1S/C37H41Cl2N3O4S/c1-4-6-23-40-37(44)35(24-28-13-8-7-9-14-28)41(25-31-32(38)16-12-17-33(31)39)36(43)26-42(34-18-11-10-15-29(34)5-2)47(45,46)30-21-19-27(3)20-22-30/h7-22,35H,4-6,23-26H2,1-3H3,(H,40,44). The normalized spacial score (nSPS) is 11.9. The smallest absolute Gasteiger partial charge is 0.264 e. The van der Waals surface area contributed by atoms with Crippen LogP contribution in [0.15, 0.2) is 102 Å². The molecule has 0 fully saturated rings. The highest BCUT2D eigenvalue weighted by atomic mass is 35.5. The molecule has 0 bridgehead atoms. The van der Waals surface area contributed by atoms with Crippen LogP contribution in [0.25, 0.3) is 0 Å². The number of nitrogens with zero attached hydrogens (tertiary/aromatic N) is 2. The van der Waals surface area contributed by atoms with Crippen molar-refractivity contribution in [2.24, 2.45) is 0 Å². The van der Waals surface area contributed by atoms with Gasteiger partial charge in [0.15, 0.2) is 0 Å². The maximum Gasteiger partial charge on any atom is 0.264 e. The van der Waals surface area contributed by atoms with Crippen LogP contribution in [0.4, 0.5) is 5.69 Å². The van der Waals surface area contributed by atoms with Crippen LogP contribution < -0.4 is 9.62 Å². The van der Waals surface area contributed by atoms with Gasteiger partial charge in [0.05, 0.1) is 10.6 Å². The number of para-hydroxylation sites is 1. The number of rotatable bonds is 15. The lowest BCUT2D eigenvalue weighted by Crippen LogP contribution is -2.53. The first kappa shape index (κ1) is 36.0. The van der Waals surface area contributed by atoms with Crippen LogP contribution in [0.3, 0.4) is 0 Å². The minimum Gasteiger partial charge on any atom is -0.354 e. The molecule has 4 aromatic carbocycles. The molecule has 0 aliphatic carbocycles.